The summed E-state index contributed by atoms with van der Waals surface area (Å²) >= 11 is 0. The van der Waals surface area contributed by atoms with Gasteiger partial charge in [-0.3, -0.25) is 0 Å². The van der Waals surface area contributed by atoms with Gasteiger partial charge in [-0.15, -0.1) is 0 Å². The van der Waals surface area contributed by atoms with Crippen LogP contribution in [0.5, 0.6) is 0 Å². The fourth-order valence-corrected chi connectivity index (χ4v) is 2.96. The zero-order valence-corrected chi connectivity index (χ0v) is 10.8. The van der Waals surface area contributed by atoms with Crippen molar-refractivity contribution in [1.29, 1.82) is 0 Å². The smallest absolute Gasteiger partial charge is 0.410 e. The van der Waals surface area contributed by atoms with Gasteiger partial charge in [0.2, 0.25) is 0 Å². The Morgan fingerprint density at radius 2 is 1.76 bits per heavy atom. The number of likely N-dealkylation sites (tertiary alicyclic amines) is 1. The molecule has 1 unspecified atom stereocenters. The number of fused-ring (bicyclic) bond motifs is 2. The van der Waals surface area contributed by atoms with Crippen LogP contribution < -0.4 is 0 Å². The molecule has 1 amide bonds. The highest BCUT2D eigenvalue weighted by Gasteiger charge is 2.43. The average Bonchev–Trinajstić information content (AvgIpc) is 2.44. The van der Waals surface area contributed by atoms with Gasteiger partial charge in [-0.05, 0) is 45.4 Å². The Morgan fingerprint density at radius 1 is 1.24 bits per heavy atom. The van der Waals surface area contributed by atoms with E-state index < -0.39 is 5.60 Å². The van der Waals surface area contributed by atoms with E-state index >= 15 is 0 Å². The van der Waals surface area contributed by atoms with E-state index in [0.717, 1.165) is 19.1 Å². The molecular weight excluding hydrogens is 218 g/mol. The first-order valence-electron chi connectivity index (χ1n) is 6.34. The summed E-state index contributed by atoms with van der Waals surface area (Å²) in [5.41, 5.74) is -0.447. The molecule has 0 N–H and O–H groups in total. The molecule has 1 saturated heterocycles. The molecule has 2 aliphatic rings. The predicted octanol–water partition coefficient (Wildman–Crippen LogP) is 2.08. The molecule has 1 aliphatic carbocycles. The van der Waals surface area contributed by atoms with Crippen LogP contribution in [0, 0.1) is 17.8 Å². The number of rotatable bonds is 1. The van der Waals surface area contributed by atoms with E-state index in [0.29, 0.717) is 24.9 Å². The molecule has 0 spiro atoms. The maximum atomic E-state index is 11.9. The monoisotopic (exact) mass is 239 g/mol. The van der Waals surface area contributed by atoms with E-state index in [-0.39, 0.29) is 12.0 Å². The Morgan fingerprint density at radius 3 is 2.18 bits per heavy atom. The number of piperidine rings is 1. The van der Waals surface area contributed by atoms with Crippen molar-refractivity contribution in [2.24, 2.45) is 17.8 Å². The number of ether oxygens (including phenoxy) is 1. The topological polar surface area (TPSA) is 46.6 Å². The van der Waals surface area contributed by atoms with Gasteiger partial charge in [-0.25, -0.2) is 4.79 Å². The molecule has 2 fully saturated rings. The van der Waals surface area contributed by atoms with E-state index in [4.69, 9.17) is 4.74 Å². The van der Waals surface area contributed by atoms with Crippen LogP contribution in [0.4, 0.5) is 4.79 Å². The Balaban J connectivity index is 1.98. The first-order chi connectivity index (χ1) is 7.90. The standard InChI is InChI=1S/C13H21NO3/c1-13(2,3)17-12(16)14-6-9-4-5-10(7-14)11(9)8-15/h8-11H,4-7H2,1-3H3/t9-,10?,11-/m1/s1. The van der Waals surface area contributed by atoms with E-state index in [9.17, 15) is 9.59 Å². The van der Waals surface area contributed by atoms with E-state index in [2.05, 4.69) is 0 Å². The van der Waals surface area contributed by atoms with Crippen LogP contribution in [0.25, 0.3) is 0 Å². The number of aldehydes is 1. The van der Waals surface area contributed by atoms with E-state index in [1.165, 1.54) is 0 Å². The van der Waals surface area contributed by atoms with Gasteiger partial charge in [-0.2, -0.15) is 0 Å². The maximum absolute atomic E-state index is 11.9. The summed E-state index contributed by atoms with van der Waals surface area (Å²) in [5, 5.41) is 0. The fourth-order valence-electron chi connectivity index (χ4n) is 2.96. The van der Waals surface area contributed by atoms with Crippen LogP contribution in [0.2, 0.25) is 0 Å². The summed E-state index contributed by atoms with van der Waals surface area (Å²) in [7, 11) is 0. The summed E-state index contributed by atoms with van der Waals surface area (Å²) < 4.78 is 5.37. The largest absolute Gasteiger partial charge is 0.444 e. The molecule has 2 bridgehead atoms. The summed E-state index contributed by atoms with van der Waals surface area (Å²) in [5.74, 6) is 0.853. The lowest BCUT2D eigenvalue weighted by molar-refractivity contribution is -0.114. The summed E-state index contributed by atoms with van der Waals surface area (Å²) in [6.45, 7) is 6.97. The van der Waals surface area contributed by atoms with Gasteiger partial charge in [0.05, 0.1) is 0 Å². The molecule has 17 heavy (non-hydrogen) atoms. The Hall–Kier alpha value is -1.06. The molecule has 3 atom stereocenters. The normalized spacial score (nSPS) is 32.4. The summed E-state index contributed by atoms with van der Waals surface area (Å²) in [6, 6.07) is 0. The highest BCUT2D eigenvalue weighted by Crippen LogP contribution is 2.40. The quantitative estimate of drug-likeness (QED) is 0.658. The third-order valence-corrected chi connectivity index (χ3v) is 3.72. The molecule has 1 heterocycles. The SMILES string of the molecule is CC(C)(C)OC(=O)N1CC2CC[C@H](C1)[C@H]2C=O. The molecule has 0 aromatic carbocycles. The number of carbonyl (C=O) groups is 2. The third-order valence-electron chi connectivity index (χ3n) is 3.72. The second-order valence-corrected chi connectivity index (χ2v) is 6.20. The van der Waals surface area contributed by atoms with Crippen molar-refractivity contribution in [2.75, 3.05) is 13.1 Å². The molecule has 2 rings (SSSR count). The minimum Gasteiger partial charge on any atom is -0.444 e. The lowest BCUT2D eigenvalue weighted by Crippen LogP contribution is -2.47. The second-order valence-electron chi connectivity index (χ2n) is 6.20. The maximum Gasteiger partial charge on any atom is 0.410 e. The summed E-state index contributed by atoms with van der Waals surface area (Å²) in [4.78, 5) is 24.7. The van der Waals surface area contributed by atoms with Crippen molar-refractivity contribution in [3.8, 4) is 0 Å². The van der Waals surface area contributed by atoms with Gasteiger partial charge in [0.25, 0.3) is 0 Å². The van der Waals surface area contributed by atoms with Gasteiger partial charge >= 0.3 is 6.09 Å². The van der Waals surface area contributed by atoms with Crippen molar-refractivity contribution in [2.45, 2.75) is 39.2 Å². The highest BCUT2D eigenvalue weighted by molar-refractivity contribution is 5.69. The van der Waals surface area contributed by atoms with E-state index in [1.807, 2.05) is 20.8 Å². The van der Waals surface area contributed by atoms with Crippen LogP contribution in [-0.2, 0) is 9.53 Å². The number of nitrogens with zero attached hydrogens (tertiary/aromatic N) is 1. The average molecular weight is 239 g/mol. The van der Waals surface area contributed by atoms with Crippen LogP contribution in [-0.4, -0.2) is 36.0 Å². The number of hydrogen-bond acceptors (Lipinski definition) is 3. The van der Waals surface area contributed by atoms with Gasteiger partial charge in [0.1, 0.15) is 11.9 Å². The van der Waals surface area contributed by atoms with Gasteiger partial charge < -0.3 is 14.4 Å². The third kappa shape index (κ3) is 2.61. The number of amides is 1. The lowest BCUT2D eigenvalue weighted by Gasteiger charge is -2.36. The van der Waals surface area contributed by atoms with Crippen molar-refractivity contribution < 1.29 is 14.3 Å². The Labute approximate surface area is 102 Å². The van der Waals surface area contributed by atoms with Crippen molar-refractivity contribution in [3.05, 3.63) is 0 Å². The van der Waals surface area contributed by atoms with Crippen LogP contribution >= 0.6 is 0 Å². The molecule has 4 nitrogen and oxygen atoms in total. The van der Waals surface area contributed by atoms with Gasteiger partial charge in [0, 0.05) is 19.0 Å². The Bertz CT molecular complexity index is 307. The summed E-state index contributed by atoms with van der Waals surface area (Å²) in [6.07, 6.45) is 2.97. The first-order valence-corrected chi connectivity index (χ1v) is 6.34. The Kier molecular flexibility index (Phi) is 3.15. The molecule has 0 radical (unpaired) electrons. The molecule has 1 saturated carbocycles. The molecule has 0 aromatic heterocycles. The zero-order chi connectivity index (χ0) is 12.6. The second kappa shape index (κ2) is 4.31. The van der Waals surface area contributed by atoms with Crippen molar-refractivity contribution in [1.82, 2.24) is 4.90 Å². The van der Waals surface area contributed by atoms with Gasteiger partial charge in [-0.1, -0.05) is 0 Å². The predicted molar refractivity (Wildman–Crippen MR) is 63.6 cm³/mol. The van der Waals surface area contributed by atoms with E-state index in [1.54, 1.807) is 4.90 Å². The van der Waals surface area contributed by atoms with Crippen LogP contribution in [0.3, 0.4) is 0 Å². The number of hydrogen-bond donors (Lipinski definition) is 0. The minimum atomic E-state index is -0.447. The zero-order valence-electron chi connectivity index (χ0n) is 10.8. The molecule has 1 aliphatic heterocycles. The molecule has 4 heteroatoms. The lowest BCUT2D eigenvalue weighted by atomic mass is 9.86. The van der Waals surface area contributed by atoms with Gasteiger partial charge in [0.15, 0.2) is 0 Å². The van der Waals surface area contributed by atoms with Crippen LogP contribution in [0.15, 0.2) is 0 Å². The molecule has 0 aromatic rings. The molecular formula is C13H21NO3. The van der Waals surface area contributed by atoms with Crippen molar-refractivity contribution >= 4 is 12.4 Å². The molecule has 96 valence electrons. The number of carbonyl (C=O) groups excluding carboxylic acids is 2. The fraction of sp³-hybridized carbons (Fsp3) is 0.846. The minimum absolute atomic E-state index is 0.161. The first kappa shape index (κ1) is 12.4. The van der Waals surface area contributed by atoms with Crippen LogP contribution in [0.1, 0.15) is 33.6 Å². The highest BCUT2D eigenvalue weighted by atomic mass is 16.6. The van der Waals surface area contributed by atoms with Crippen molar-refractivity contribution in [3.63, 3.8) is 0 Å².